The Morgan fingerprint density at radius 2 is 2.21 bits per heavy atom. The number of hydrogen-bond acceptors (Lipinski definition) is 4. The van der Waals surface area contributed by atoms with Crippen molar-refractivity contribution >= 4 is 22.8 Å². The molecule has 0 aliphatic carbocycles. The number of hydrogen-bond donors (Lipinski definition) is 1. The smallest absolute Gasteiger partial charge is 0.224 e. The van der Waals surface area contributed by atoms with E-state index < -0.39 is 0 Å². The van der Waals surface area contributed by atoms with Crippen LogP contribution in [0.15, 0.2) is 4.99 Å². The second-order valence-electron chi connectivity index (χ2n) is 5.29. The normalized spacial score (nSPS) is 23.3. The van der Waals surface area contributed by atoms with Gasteiger partial charge in [0.2, 0.25) is 5.91 Å². The maximum absolute atomic E-state index is 12.0. The molecule has 2 heterocycles. The molecule has 2 rings (SSSR count). The van der Waals surface area contributed by atoms with E-state index in [9.17, 15) is 4.79 Å². The molecule has 1 N–H and O–H groups in total. The van der Waals surface area contributed by atoms with Crippen molar-refractivity contribution in [1.82, 2.24) is 10.2 Å². The Labute approximate surface area is 120 Å². The van der Waals surface area contributed by atoms with E-state index in [0.717, 1.165) is 31.3 Å². The molecule has 0 aromatic heterocycles. The van der Waals surface area contributed by atoms with E-state index in [4.69, 9.17) is 0 Å². The molecule has 2 aliphatic heterocycles. The van der Waals surface area contributed by atoms with Crippen LogP contribution in [0.4, 0.5) is 0 Å². The number of rotatable bonds is 5. The van der Waals surface area contributed by atoms with Crippen molar-refractivity contribution in [2.24, 2.45) is 4.99 Å². The largest absolute Gasteiger partial charge is 0.364 e. The van der Waals surface area contributed by atoms with Crippen LogP contribution in [0.1, 0.15) is 45.4 Å². The van der Waals surface area contributed by atoms with Gasteiger partial charge in [0.1, 0.15) is 0 Å². The summed E-state index contributed by atoms with van der Waals surface area (Å²) in [5, 5.41) is 4.98. The van der Waals surface area contributed by atoms with Gasteiger partial charge in [-0.3, -0.25) is 9.79 Å². The van der Waals surface area contributed by atoms with Crippen molar-refractivity contribution in [3.05, 3.63) is 0 Å². The second-order valence-corrected chi connectivity index (χ2v) is 6.58. The topological polar surface area (TPSA) is 44.7 Å². The van der Waals surface area contributed by atoms with Gasteiger partial charge < -0.3 is 10.2 Å². The lowest BCUT2D eigenvalue weighted by atomic mass is 10.1. The number of nitrogens with zero attached hydrogens (tertiary/aromatic N) is 2. The summed E-state index contributed by atoms with van der Waals surface area (Å²) in [5.74, 6) is 0.293. The van der Waals surface area contributed by atoms with Gasteiger partial charge in [0.25, 0.3) is 0 Å². The van der Waals surface area contributed by atoms with Crippen LogP contribution in [0.2, 0.25) is 0 Å². The zero-order valence-corrected chi connectivity index (χ0v) is 12.7. The molecule has 19 heavy (non-hydrogen) atoms. The third-order valence-corrected chi connectivity index (χ3v) is 4.87. The third-order valence-electron chi connectivity index (χ3n) is 3.65. The van der Waals surface area contributed by atoms with Crippen molar-refractivity contribution < 1.29 is 4.79 Å². The highest BCUT2D eigenvalue weighted by Gasteiger charge is 2.19. The van der Waals surface area contributed by atoms with Crippen LogP contribution in [0.3, 0.4) is 0 Å². The number of aliphatic imine (C=N–C) groups is 1. The molecule has 2 aliphatic rings. The second kappa shape index (κ2) is 7.78. The molecule has 1 amide bonds. The summed E-state index contributed by atoms with van der Waals surface area (Å²) >= 11 is 1.84. The first kappa shape index (κ1) is 14.7. The van der Waals surface area contributed by atoms with Gasteiger partial charge in [-0.25, -0.2) is 0 Å². The van der Waals surface area contributed by atoms with Crippen LogP contribution in [-0.4, -0.2) is 47.4 Å². The first-order chi connectivity index (χ1) is 9.29. The van der Waals surface area contributed by atoms with E-state index in [1.165, 1.54) is 32.1 Å². The minimum Gasteiger partial charge on any atom is -0.364 e. The van der Waals surface area contributed by atoms with E-state index in [2.05, 4.69) is 17.2 Å². The minimum atomic E-state index is 0.293. The summed E-state index contributed by atoms with van der Waals surface area (Å²) in [4.78, 5) is 18.5. The quantitative estimate of drug-likeness (QED) is 0.841. The van der Waals surface area contributed by atoms with Gasteiger partial charge in [0.05, 0.1) is 6.54 Å². The maximum atomic E-state index is 12.0. The monoisotopic (exact) mass is 283 g/mol. The van der Waals surface area contributed by atoms with Crippen LogP contribution in [-0.2, 0) is 4.79 Å². The molecule has 1 atom stereocenters. The standard InChI is InChI=1S/C14H25N3OS/c1-2-6-12-11-16-14(19-12)15-8-7-13(18)17-9-4-3-5-10-17/h12H,2-11H2,1H3,(H,15,16). The molecule has 0 spiro atoms. The Kier molecular flexibility index (Phi) is 6.01. The van der Waals surface area contributed by atoms with Crippen LogP contribution < -0.4 is 5.32 Å². The summed E-state index contributed by atoms with van der Waals surface area (Å²) < 4.78 is 0. The Morgan fingerprint density at radius 1 is 1.42 bits per heavy atom. The number of nitrogens with one attached hydrogen (secondary N) is 1. The summed E-state index contributed by atoms with van der Waals surface area (Å²) in [5.41, 5.74) is 0. The number of amidine groups is 1. The summed E-state index contributed by atoms with van der Waals surface area (Å²) in [6.45, 7) is 5.77. The van der Waals surface area contributed by atoms with Gasteiger partial charge >= 0.3 is 0 Å². The molecule has 0 aromatic rings. The Morgan fingerprint density at radius 3 is 2.95 bits per heavy atom. The molecule has 1 saturated heterocycles. The van der Waals surface area contributed by atoms with E-state index in [1.807, 2.05) is 16.7 Å². The number of amides is 1. The maximum Gasteiger partial charge on any atom is 0.224 e. The lowest BCUT2D eigenvalue weighted by Gasteiger charge is -2.26. The number of carbonyl (C=O) groups excluding carboxylic acids is 1. The molecule has 4 nitrogen and oxygen atoms in total. The van der Waals surface area contributed by atoms with Crippen molar-refractivity contribution in [3.63, 3.8) is 0 Å². The van der Waals surface area contributed by atoms with Crippen LogP contribution in [0.5, 0.6) is 0 Å². The van der Waals surface area contributed by atoms with Crippen molar-refractivity contribution in [3.8, 4) is 0 Å². The first-order valence-electron chi connectivity index (χ1n) is 7.52. The highest BCUT2D eigenvalue weighted by molar-refractivity contribution is 8.14. The fraction of sp³-hybridized carbons (Fsp3) is 0.857. The van der Waals surface area contributed by atoms with Gasteiger partial charge in [-0.15, -0.1) is 0 Å². The summed E-state index contributed by atoms with van der Waals surface area (Å²) in [7, 11) is 0. The van der Waals surface area contributed by atoms with Gasteiger partial charge in [0, 0.05) is 31.3 Å². The number of likely N-dealkylation sites (tertiary alicyclic amines) is 1. The Balaban J connectivity index is 1.60. The average molecular weight is 283 g/mol. The molecule has 0 radical (unpaired) electrons. The summed E-state index contributed by atoms with van der Waals surface area (Å²) in [6.07, 6.45) is 6.65. The van der Waals surface area contributed by atoms with Crippen molar-refractivity contribution in [2.75, 3.05) is 26.2 Å². The number of thioether (sulfide) groups is 1. The molecule has 1 fully saturated rings. The highest BCUT2D eigenvalue weighted by Crippen LogP contribution is 2.23. The summed E-state index contributed by atoms with van der Waals surface area (Å²) in [6, 6.07) is 0. The molecular weight excluding hydrogens is 258 g/mol. The van der Waals surface area contributed by atoms with Crippen LogP contribution >= 0.6 is 11.8 Å². The fourth-order valence-electron chi connectivity index (χ4n) is 2.56. The molecule has 0 saturated carbocycles. The van der Waals surface area contributed by atoms with Gasteiger partial charge in [0.15, 0.2) is 5.17 Å². The van der Waals surface area contributed by atoms with Crippen LogP contribution in [0.25, 0.3) is 0 Å². The minimum absolute atomic E-state index is 0.293. The van der Waals surface area contributed by atoms with Crippen LogP contribution in [0, 0.1) is 0 Å². The van der Waals surface area contributed by atoms with Gasteiger partial charge in [-0.2, -0.15) is 0 Å². The molecule has 1 unspecified atom stereocenters. The lowest BCUT2D eigenvalue weighted by molar-refractivity contribution is -0.131. The van der Waals surface area contributed by atoms with E-state index in [1.54, 1.807) is 0 Å². The predicted molar refractivity (Wildman–Crippen MR) is 81.6 cm³/mol. The Hall–Kier alpha value is -0.710. The molecule has 108 valence electrons. The number of piperidine rings is 1. The SMILES string of the molecule is CCCC1CN=C(NCCC(=O)N2CCCCC2)S1. The first-order valence-corrected chi connectivity index (χ1v) is 8.40. The van der Waals surface area contributed by atoms with E-state index in [0.29, 0.717) is 17.6 Å². The Bertz CT molecular complexity index is 327. The lowest BCUT2D eigenvalue weighted by Crippen LogP contribution is -2.37. The zero-order valence-electron chi connectivity index (χ0n) is 11.9. The molecule has 0 aromatic carbocycles. The third kappa shape index (κ3) is 4.71. The predicted octanol–water partition coefficient (Wildman–Crippen LogP) is 2.25. The van der Waals surface area contributed by atoms with Gasteiger partial charge in [-0.05, 0) is 25.7 Å². The van der Waals surface area contributed by atoms with E-state index in [-0.39, 0.29) is 0 Å². The molecule has 0 bridgehead atoms. The van der Waals surface area contributed by atoms with E-state index >= 15 is 0 Å². The van der Waals surface area contributed by atoms with Crippen molar-refractivity contribution in [1.29, 1.82) is 0 Å². The zero-order chi connectivity index (χ0) is 13.5. The molecule has 5 heteroatoms. The fourth-order valence-corrected chi connectivity index (χ4v) is 3.72. The van der Waals surface area contributed by atoms with Crippen molar-refractivity contribution in [2.45, 2.75) is 50.7 Å². The number of carbonyl (C=O) groups is 1. The molecular formula is C14H25N3OS. The highest BCUT2D eigenvalue weighted by atomic mass is 32.2. The van der Waals surface area contributed by atoms with Gasteiger partial charge in [-0.1, -0.05) is 25.1 Å². The average Bonchev–Trinajstić information content (AvgIpc) is 2.88.